The third-order valence-corrected chi connectivity index (χ3v) is 1.87. The molecule has 0 aromatic heterocycles. The normalized spacial score (nSPS) is 8.73. The number of rotatable bonds is 2. The SMILES string of the molecule is COc1ccccc1SC#N. The van der Waals surface area contributed by atoms with E-state index >= 15 is 0 Å². The Labute approximate surface area is 69.8 Å². The second kappa shape index (κ2) is 3.89. The predicted molar refractivity (Wildman–Crippen MR) is 44.5 cm³/mol. The van der Waals surface area contributed by atoms with Crippen molar-refractivity contribution < 1.29 is 4.74 Å². The van der Waals surface area contributed by atoms with E-state index in [-0.39, 0.29) is 0 Å². The molecule has 0 aliphatic heterocycles. The van der Waals surface area contributed by atoms with Crippen molar-refractivity contribution in [2.45, 2.75) is 4.90 Å². The molecule has 11 heavy (non-hydrogen) atoms. The van der Waals surface area contributed by atoms with E-state index < -0.39 is 0 Å². The first-order valence-electron chi connectivity index (χ1n) is 3.07. The number of nitriles is 1. The summed E-state index contributed by atoms with van der Waals surface area (Å²) in [5, 5.41) is 10.4. The van der Waals surface area contributed by atoms with Crippen LogP contribution in [-0.2, 0) is 0 Å². The van der Waals surface area contributed by atoms with Gasteiger partial charge in [0.2, 0.25) is 0 Å². The van der Waals surface area contributed by atoms with Crippen LogP contribution in [0.15, 0.2) is 29.2 Å². The molecule has 0 radical (unpaired) electrons. The highest BCUT2D eigenvalue weighted by atomic mass is 32.2. The number of benzene rings is 1. The molecule has 0 N–H and O–H groups in total. The Hall–Kier alpha value is -1.14. The summed E-state index contributed by atoms with van der Waals surface area (Å²) < 4.78 is 5.03. The van der Waals surface area contributed by atoms with Crippen LogP contribution >= 0.6 is 11.8 Å². The number of hydrogen-bond acceptors (Lipinski definition) is 3. The summed E-state index contributed by atoms with van der Waals surface area (Å²) in [6.45, 7) is 0. The minimum Gasteiger partial charge on any atom is -0.496 e. The zero-order valence-corrected chi connectivity index (χ0v) is 6.89. The van der Waals surface area contributed by atoms with Gasteiger partial charge in [0.15, 0.2) is 0 Å². The van der Waals surface area contributed by atoms with Crippen LogP contribution in [0.2, 0.25) is 0 Å². The Morgan fingerprint density at radius 3 is 2.82 bits per heavy atom. The average molecular weight is 165 g/mol. The lowest BCUT2D eigenvalue weighted by Crippen LogP contribution is -1.83. The number of para-hydroxylation sites is 1. The standard InChI is InChI=1S/C8H7NOS/c1-10-7-4-2-3-5-8(7)11-6-9/h2-5H,1H3. The molecule has 2 nitrogen and oxygen atoms in total. The third-order valence-electron chi connectivity index (χ3n) is 1.22. The lowest BCUT2D eigenvalue weighted by Gasteiger charge is -2.01. The molecule has 1 aromatic carbocycles. The third kappa shape index (κ3) is 1.89. The Morgan fingerprint density at radius 2 is 2.18 bits per heavy atom. The highest BCUT2D eigenvalue weighted by Gasteiger charge is 1.99. The van der Waals surface area contributed by atoms with Crippen molar-refractivity contribution >= 4 is 11.8 Å². The predicted octanol–water partition coefficient (Wildman–Crippen LogP) is 2.27. The van der Waals surface area contributed by atoms with Crippen molar-refractivity contribution in [2.75, 3.05) is 7.11 Å². The van der Waals surface area contributed by atoms with E-state index in [1.54, 1.807) is 7.11 Å². The number of methoxy groups -OCH3 is 1. The number of nitrogens with zero attached hydrogens (tertiary/aromatic N) is 1. The minimum atomic E-state index is 0.749. The molecule has 0 spiro atoms. The van der Waals surface area contributed by atoms with E-state index in [1.165, 1.54) is 0 Å². The van der Waals surface area contributed by atoms with Gasteiger partial charge < -0.3 is 4.74 Å². The van der Waals surface area contributed by atoms with Crippen molar-refractivity contribution in [3.63, 3.8) is 0 Å². The molecule has 0 heterocycles. The number of thiocyanates is 1. The molecule has 0 aliphatic rings. The fraction of sp³-hybridized carbons (Fsp3) is 0.125. The molecular formula is C8H7NOS. The van der Waals surface area contributed by atoms with Crippen molar-refractivity contribution in [2.24, 2.45) is 0 Å². The summed E-state index contributed by atoms with van der Waals surface area (Å²) >= 11 is 1.11. The van der Waals surface area contributed by atoms with Crippen molar-refractivity contribution in [1.29, 1.82) is 5.26 Å². The summed E-state index contributed by atoms with van der Waals surface area (Å²) in [7, 11) is 1.59. The van der Waals surface area contributed by atoms with Gasteiger partial charge in [-0.3, -0.25) is 0 Å². The summed E-state index contributed by atoms with van der Waals surface area (Å²) in [6.07, 6.45) is 0. The largest absolute Gasteiger partial charge is 0.496 e. The van der Waals surface area contributed by atoms with E-state index in [2.05, 4.69) is 0 Å². The zero-order valence-electron chi connectivity index (χ0n) is 6.07. The van der Waals surface area contributed by atoms with E-state index in [1.807, 2.05) is 29.7 Å². The van der Waals surface area contributed by atoms with Gasteiger partial charge in [0.25, 0.3) is 0 Å². The maximum atomic E-state index is 8.40. The summed E-state index contributed by atoms with van der Waals surface area (Å²) in [5.74, 6) is 0.749. The first-order valence-corrected chi connectivity index (χ1v) is 3.89. The summed E-state index contributed by atoms with van der Waals surface area (Å²) in [6, 6.07) is 7.44. The molecule has 0 unspecified atom stereocenters. The highest BCUT2D eigenvalue weighted by Crippen LogP contribution is 2.27. The molecule has 0 saturated heterocycles. The van der Waals surface area contributed by atoms with Gasteiger partial charge in [0.1, 0.15) is 11.2 Å². The Balaban J connectivity index is 2.94. The maximum absolute atomic E-state index is 8.40. The second-order valence-electron chi connectivity index (χ2n) is 1.84. The lowest BCUT2D eigenvalue weighted by atomic mass is 10.3. The molecule has 0 bridgehead atoms. The lowest BCUT2D eigenvalue weighted by molar-refractivity contribution is 0.405. The molecule has 56 valence electrons. The van der Waals surface area contributed by atoms with Crippen LogP contribution in [0.1, 0.15) is 0 Å². The van der Waals surface area contributed by atoms with Crippen LogP contribution < -0.4 is 4.74 Å². The maximum Gasteiger partial charge on any atom is 0.138 e. The van der Waals surface area contributed by atoms with Crippen molar-refractivity contribution in [1.82, 2.24) is 0 Å². The molecule has 0 amide bonds. The van der Waals surface area contributed by atoms with Crippen LogP contribution in [0.25, 0.3) is 0 Å². The number of ether oxygens (including phenoxy) is 1. The Kier molecular flexibility index (Phi) is 2.82. The van der Waals surface area contributed by atoms with Crippen LogP contribution in [-0.4, -0.2) is 7.11 Å². The summed E-state index contributed by atoms with van der Waals surface area (Å²) in [4.78, 5) is 0.859. The zero-order chi connectivity index (χ0) is 8.10. The molecular weight excluding hydrogens is 158 g/mol. The fourth-order valence-electron chi connectivity index (χ4n) is 0.752. The molecule has 0 fully saturated rings. The number of thioether (sulfide) groups is 1. The first-order chi connectivity index (χ1) is 5.38. The molecule has 0 saturated carbocycles. The smallest absolute Gasteiger partial charge is 0.138 e. The van der Waals surface area contributed by atoms with Crippen LogP contribution in [0, 0.1) is 10.7 Å². The van der Waals surface area contributed by atoms with Crippen LogP contribution in [0.5, 0.6) is 5.75 Å². The van der Waals surface area contributed by atoms with Gasteiger partial charge >= 0.3 is 0 Å². The summed E-state index contributed by atoms with van der Waals surface area (Å²) in [5.41, 5.74) is 0. The Morgan fingerprint density at radius 1 is 1.45 bits per heavy atom. The highest BCUT2D eigenvalue weighted by molar-refractivity contribution is 8.03. The quantitative estimate of drug-likeness (QED) is 0.498. The average Bonchev–Trinajstić information content (AvgIpc) is 2.06. The molecule has 0 atom stereocenters. The van der Waals surface area contributed by atoms with Gasteiger partial charge in [0.05, 0.1) is 12.0 Å². The van der Waals surface area contributed by atoms with Gasteiger partial charge in [-0.15, -0.1) is 0 Å². The van der Waals surface area contributed by atoms with E-state index in [0.29, 0.717) is 0 Å². The molecule has 1 rings (SSSR count). The molecule has 3 heteroatoms. The topological polar surface area (TPSA) is 33.0 Å². The van der Waals surface area contributed by atoms with Gasteiger partial charge in [-0.25, -0.2) is 0 Å². The Bertz CT molecular complexity index is 280. The number of hydrogen-bond donors (Lipinski definition) is 0. The second-order valence-corrected chi connectivity index (χ2v) is 2.67. The van der Waals surface area contributed by atoms with E-state index in [9.17, 15) is 0 Å². The monoisotopic (exact) mass is 165 g/mol. The fourth-order valence-corrected chi connectivity index (χ4v) is 1.25. The van der Waals surface area contributed by atoms with Crippen molar-refractivity contribution in [3.8, 4) is 11.2 Å². The van der Waals surface area contributed by atoms with Gasteiger partial charge in [-0.1, -0.05) is 12.1 Å². The van der Waals surface area contributed by atoms with E-state index in [0.717, 1.165) is 22.4 Å². The van der Waals surface area contributed by atoms with Crippen molar-refractivity contribution in [3.05, 3.63) is 24.3 Å². The van der Waals surface area contributed by atoms with Crippen LogP contribution in [0.3, 0.4) is 0 Å². The molecule has 1 aromatic rings. The van der Waals surface area contributed by atoms with E-state index in [4.69, 9.17) is 10.00 Å². The first kappa shape index (κ1) is 7.96. The van der Waals surface area contributed by atoms with Gasteiger partial charge in [-0.05, 0) is 23.9 Å². The van der Waals surface area contributed by atoms with Gasteiger partial charge in [-0.2, -0.15) is 5.26 Å². The van der Waals surface area contributed by atoms with Crippen LogP contribution in [0.4, 0.5) is 0 Å². The molecule has 0 aliphatic carbocycles. The van der Waals surface area contributed by atoms with Gasteiger partial charge in [0, 0.05) is 0 Å². The minimum absolute atomic E-state index is 0.749.